The molecule has 1 aromatic heterocycles. The van der Waals surface area contributed by atoms with Crippen molar-refractivity contribution in [1.82, 2.24) is 9.55 Å². The lowest BCUT2D eigenvalue weighted by Crippen LogP contribution is -2.20. The summed E-state index contributed by atoms with van der Waals surface area (Å²) in [5, 5.41) is 0. The van der Waals surface area contributed by atoms with Crippen LogP contribution in [0.1, 0.15) is 31.8 Å². The van der Waals surface area contributed by atoms with E-state index in [2.05, 4.69) is 16.5 Å². The highest BCUT2D eigenvalue weighted by Gasteiger charge is 2.18. The highest BCUT2D eigenvalue weighted by Crippen LogP contribution is 2.20. The van der Waals surface area contributed by atoms with Gasteiger partial charge in [0, 0.05) is 31.3 Å². The molecule has 76 valence electrons. The van der Waals surface area contributed by atoms with Gasteiger partial charge in [0.2, 0.25) is 0 Å². The fourth-order valence-corrected chi connectivity index (χ4v) is 2.05. The predicted octanol–water partition coefficient (Wildman–Crippen LogP) is 1.60. The zero-order valence-corrected chi connectivity index (χ0v) is 8.79. The summed E-state index contributed by atoms with van der Waals surface area (Å²) in [4.78, 5) is 15.4. The molecule has 2 heterocycles. The van der Waals surface area contributed by atoms with E-state index in [0.29, 0.717) is 12.3 Å². The third-order valence-electron chi connectivity index (χ3n) is 2.81. The number of nitrogens with zero attached hydrogens (tertiary/aromatic N) is 2. The second kappa shape index (κ2) is 3.56. The number of Topliss-reactive ketones (excluding diaryl/α,β-unsaturated/α-hetero) is 1. The van der Waals surface area contributed by atoms with Crippen LogP contribution in [0.3, 0.4) is 0 Å². The van der Waals surface area contributed by atoms with Gasteiger partial charge in [0.15, 0.2) is 0 Å². The van der Waals surface area contributed by atoms with Crippen molar-refractivity contribution in [3.8, 4) is 0 Å². The van der Waals surface area contributed by atoms with Gasteiger partial charge in [-0.3, -0.25) is 4.79 Å². The Bertz CT molecular complexity index is 354. The van der Waals surface area contributed by atoms with Crippen LogP contribution in [-0.2, 0) is 24.2 Å². The molecule has 0 saturated heterocycles. The van der Waals surface area contributed by atoms with Gasteiger partial charge in [-0.1, -0.05) is 6.92 Å². The molecule has 0 amide bonds. The molecule has 0 radical (unpaired) electrons. The monoisotopic (exact) mass is 192 g/mol. The maximum Gasteiger partial charge on any atom is 0.135 e. The summed E-state index contributed by atoms with van der Waals surface area (Å²) in [7, 11) is 0. The number of hydrogen-bond acceptors (Lipinski definition) is 2. The van der Waals surface area contributed by atoms with Gasteiger partial charge >= 0.3 is 0 Å². The predicted molar refractivity (Wildman–Crippen MR) is 54.1 cm³/mol. The number of carbonyl (C=O) groups excluding carboxylic acids is 1. The first kappa shape index (κ1) is 9.44. The molecule has 0 aromatic carbocycles. The molecular weight excluding hydrogens is 176 g/mol. The molecule has 3 nitrogen and oxygen atoms in total. The van der Waals surface area contributed by atoms with E-state index in [1.54, 1.807) is 6.92 Å². The van der Waals surface area contributed by atoms with Crippen LogP contribution in [0.5, 0.6) is 0 Å². The fourth-order valence-electron chi connectivity index (χ4n) is 2.05. The minimum absolute atomic E-state index is 0.214. The molecule has 3 heteroatoms. The van der Waals surface area contributed by atoms with Crippen LogP contribution < -0.4 is 0 Å². The van der Waals surface area contributed by atoms with Crippen LogP contribution in [0.4, 0.5) is 0 Å². The summed E-state index contributed by atoms with van der Waals surface area (Å²) in [5.74, 6) is 2.08. The standard InChI is InChI=1S/C11H16N2O/c1-8-3-4-11-12-6-10(5-9(2)14)13(11)7-8/h6,8H,3-5,7H2,1-2H3. The van der Waals surface area contributed by atoms with Crippen LogP contribution in [0.2, 0.25) is 0 Å². The summed E-state index contributed by atoms with van der Waals surface area (Å²) >= 11 is 0. The van der Waals surface area contributed by atoms with E-state index in [9.17, 15) is 4.79 Å². The number of imidazole rings is 1. The van der Waals surface area contributed by atoms with E-state index < -0.39 is 0 Å². The van der Waals surface area contributed by atoms with Crippen molar-refractivity contribution in [1.29, 1.82) is 0 Å². The van der Waals surface area contributed by atoms with Gasteiger partial charge in [0.05, 0.1) is 0 Å². The van der Waals surface area contributed by atoms with Crippen molar-refractivity contribution in [3.05, 3.63) is 17.7 Å². The van der Waals surface area contributed by atoms with Crippen LogP contribution in [0.15, 0.2) is 6.20 Å². The molecule has 1 atom stereocenters. The Morgan fingerprint density at radius 3 is 3.21 bits per heavy atom. The molecule has 0 bridgehead atoms. The Balaban J connectivity index is 2.26. The van der Waals surface area contributed by atoms with Crippen molar-refractivity contribution in [2.45, 2.75) is 39.7 Å². The van der Waals surface area contributed by atoms with E-state index in [1.165, 1.54) is 6.42 Å². The molecule has 2 rings (SSSR count). The quantitative estimate of drug-likeness (QED) is 0.713. The lowest BCUT2D eigenvalue weighted by Gasteiger charge is -2.21. The summed E-state index contributed by atoms with van der Waals surface area (Å²) in [6.45, 7) is 4.91. The van der Waals surface area contributed by atoms with Gasteiger partial charge in [0.1, 0.15) is 11.6 Å². The number of aromatic nitrogens is 2. The number of fused-ring (bicyclic) bond motifs is 1. The number of aryl methyl sites for hydroxylation is 1. The van der Waals surface area contributed by atoms with Crippen LogP contribution >= 0.6 is 0 Å². The Morgan fingerprint density at radius 1 is 1.71 bits per heavy atom. The second-order valence-corrected chi connectivity index (χ2v) is 4.30. The van der Waals surface area contributed by atoms with E-state index in [0.717, 1.165) is 24.5 Å². The smallest absolute Gasteiger partial charge is 0.135 e. The Kier molecular flexibility index (Phi) is 2.40. The Hall–Kier alpha value is -1.12. The second-order valence-electron chi connectivity index (χ2n) is 4.30. The van der Waals surface area contributed by atoms with Gasteiger partial charge in [0.25, 0.3) is 0 Å². The summed E-state index contributed by atoms with van der Waals surface area (Å²) < 4.78 is 2.22. The maximum absolute atomic E-state index is 11.0. The average molecular weight is 192 g/mol. The Labute approximate surface area is 84.1 Å². The van der Waals surface area contributed by atoms with Crippen molar-refractivity contribution in [3.63, 3.8) is 0 Å². The maximum atomic E-state index is 11.0. The number of ketones is 1. The third-order valence-corrected chi connectivity index (χ3v) is 2.81. The highest BCUT2D eigenvalue weighted by molar-refractivity contribution is 5.77. The van der Waals surface area contributed by atoms with Gasteiger partial charge < -0.3 is 4.57 Å². The van der Waals surface area contributed by atoms with E-state index >= 15 is 0 Å². The van der Waals surface area contributed by atoms with Crippen LogP contribution in [0.25, 0.3) is 0 Å². The van der Waals surface area contributed by atoms with Gasteiger partial charge in [-0.05, 0) is 19.3 Å². The van der Waals surface area contributed by atoms with Crippen molar-refractivity contribution in [2.24, 2.45) is 5.92 Å². The summed E-state index contributed by atoms with van der Waals surface area (Å²) in [6.07, 6.45) is 4.66. The topological polar surface area (TPSA) is 34.9 Å². The highest BCUT2D eigenvalue weighted by atomic mass is 16.1. The van der Waals surface area contributed by atoms with Gasteiger partial charge in [-0.15, -0.1) is 0 Å². The fraction of sp³-hybridized carbons (Fsp3) is 0.636. The van der Waals surface area contributed by atoms with Crippen LogP contribution in [-0.4, -0.2) is 15.3 Å². The molecule has 14 heavy (non-hydrogen) atoms. The molecule has 0 fully saturated rings. The molecule has 0 aliphatic carbocycles. The zero-order chi connectivity index (χ0) is 10.1. The lowest BCUT2D eigenvalue weighted by molar-refractivity contribution is -0.116. The van der Waals surface area contributed by atoms with Gasteiger partial charge in [-0.2, -0.15) is 0 Å². The number of rotatable bonds is 2. The van der Waals surface area contributed by atoms with Gasteiger partial charge in [-0.25, -0.2) is 4.98 Å². The summed E-state index contributed by atoms with van der Waals surface area (Å²) in [5.41, 5.74) is 1.08. The van der Waals surface area contributed by atoms with E-state index in [4.69, 9.17) is 0 Å². The Morgan fingerprint density at radius 2 is 2.50 bits per heavy atom. The SMILES string of the molecule is CC(=O)Cc1cnc2n1CC(C)CC2. The molecule has 1 aliphatic rings. The third kappa shape index (κ3) is 1.72. The summed E-state index contributed by atoms with van der Waals surface area (Å²) in [6, 6.07) is 0. The molecule has 1 unspecified atom stereocenters. The van der Waals surface area contributed by atoms with Crippen molar-refractivity contribution < 1.29 is 4.79 Å². The largest absolute Gasteiger partial charge is 0.331 e. The molecule has 1 aliphatic heterocycles. The number of carbonyl (C=O) groups is 1. The molecule has 0 N–H and O–H groups in total. The molecule has 1 aromatic rings. The number of hydrogen-bond donors (Lipinski definition) is 0. The van der Waals surface area contributed by atoms with Crippen molar-refractivity contribution in [2.75, 3.05) is 0 Å². The normalized spacial score (nSPS) is 20.6. The zero-order valence-electron chi connectivity index (χ0n) is 8.79. The lowest BCUT2D eigenvalue weighted by atomic mass is 10.0. The van der Waals surface area contributed by atoms with E-state index in [-0.39, 0.29) is 5.78 Å². The first-order chi connectivity index (χ1) is 6.66. The minimum Gasteiger partial charge on any atom is -0.331 e. The molecular formula is C11H16N2O. The first-order valence-electron chi connectivity index (χ1n) is 5.19. The van der Waals surface area contributed by atoms with E-state index in [1.807, 2.05) is 6.20 Å². The molecule has 0 saturated carbocycles. The van der Waals surface area contributed by atoms with Crippen LogP contribution in [0, 0.1) is 5.92 Å². The first-order valence-corrected chi connectivity index (χ1v) is 5.19. The minimum atomic E-state index is 0.214. The average Bonchev–Trinajstić information content (AvgIpc) is 2.47. The molecule has 0 spiro atoms. The van der Waals surface area contributed by atoms with Crippen molar-refractivity contribution >= 4 is 5.78 Å².